The third-order valence-corrected chi connectivity index (χ3v) is 4.29. The lowest BCUT2D eigenvalue weighted by Crippen LogP contribution is -2.36. The average Bonchev–Trinajstić information content (AvgIpc) is 2.76. The molecule has 0 saturated carbocycles. The zero-order valence-electron chi connectivity index (χ0n) is 12.0. The van der Waals surface area contributed by atoms with Gasteiger partial charge in [0.25, 0.3) is 0 Å². The Labute approximate surface area is 126 Å². The van der Waals surface area contributed by atoms with Gasteiger partial charge in [0, 0.05) is 13.3 Å². The van der Waals surface area contributed by atoms with Crippen LogP contribution in [0.4, 0.5) is 5.82 Å². The predicted octanol–water partition coefficient (Wildman–Crippen LogP) is -0.374. The number of nitrogens with two attached hydrogens (primary N) is 1. The number of aliphatic hydroxyl groups excluding tert-OH is 1. The minimum Gasteiger partial charge on any atom is -0.386 e. The van der Waals surface area contributed by atoms with Crippen molar-refractivity contribution in [2.75, 3.05) is 12.8 Å². The molecule has 22 heavy (non-hydrogen) atoms. The third kappa shape index (κ3) is 3.37. The van der Waals surface area contributed by atoms with Crippen LogP contribution in [0.15, 0.2) is 17.1 Å². The summed E-state index contributed by atoms with van der Waals surface area (Å²) in [5, 5.41) is 10.3. The second-order valence-corrected chi connectivity index (χ2v) is 6.24. The number of nitrogen functional groups attached to an aromatic ring is 1. The van der Waals surface area contributed by atoms with Gasteiger partial charge in [0.1, 0.15) is 18.0 Å². The van der Waals surface area contributed by atoms with Crippen LogP contribution >= 0.6 is 7.82 Å². The molecular formula is C11H18N3O7P. The number of aliphatic hydroxyl groups is 1. The summed E-state index contributed by atoms with van der Waals surface area (Å²) in [6.45, 7) is 1.75. The molecule has 1 aromatic rings. The number of anilines is 1. The van der Waals surface area contributed by atoms with Gasteiger partial charge in [-0.1, -0.05) is 6.92 Å². The molecule has 1 aliphatic heterocycles. The molecule has 5 atom stereocenters. The van der Waals surface area contributed by atoms with Crippen molar-refractivity contribution in [2.45, 2.75) is 37.9 Å². The SMILES string of the molecule is CC[C@H]1O[C@@H](n2ccc(N)nc2=O)[C@@H](O)C1OP(=O)(O)OC. The molecule has 2 heterocycles. The fourth-order valence-corrected chi connectivity index (χ4v) is 2.88. The summed E-state index contributed by atoms with van der Waals surface area (Å²) < 4.78 is 27.4. The van der Waals surface area contributed by atoms with Gasteiger partial charge in [-0.05, 0) is 12.5 Å². The highest BCUT2D eigenvalue weighted by molar-refractivity contribution is 7.47. The molecular weight excluding hydrogens is 317 g/mol. The Kier molecular flexibility index (Phi) is 5.00. The van der Waals surface area contributed by atoms with Gasteiger partial charge in [0.2, 0.25) is 0 Å². The van der Waals surface area contributed by atoms with Crippen molar-refractivity contribution in [1.82, 2.24) is 9.55 Å². The van der Waals surface area contributed by atoms with Crippen molar-refractivity contribution in [2.24, 2.45) is 0 Å². The van der Waals surface area contributed by atoms with E-state index in [-0.39, 0.29) is 5.82 Å². The van der Waals surface area contributed by atoms with Gasteiger partial charge in [0.15, 0.2) is 6.23 Å². The van der Waals surface area contributed by atoms with E-state index in [4.69, 9.17) is 15.0 Å². The van der Waals surface area contributed by atoms with Crippen LogP contribution in [0.25, 0.3) is 0 Å². The van der Waals surface area contributed by atoms with Crippen LogP contribution < -0.4 is 11.4 Å². The Morgan fingerprint density at radius 3 is 2.82 bits per heavy atom. The van der Waals surface area contributed by atoms with Crippen LogP contribution in [0, 0.1) is 0 Å². The van der Waals surface area contributed by atoms with E-state index in [9.17, 15) is 19.4 Å². The van der Waals surface area contributed by atoms with Crippen LogP contribution in [-0.2, 0) is 18.3 Å². The van der Waals surface area contributed by atoms with E-state index in [0.717, 1.165) is 11.7 Å². The number of ether oxygens (including phenoxy) is 1. The van der Waals surface area contributed by atoms with E-state index in [1.165, 1.54) is 12.3 Å². The predicted molar refractivity (Wildman–Crippen MR) is 74.8 cm³/mol. The molecule has 124 valence electrons. The zero-order chi connectivity index (χ0) is 16.5. The van der Waals surface area contributed by atoms with Gasteiger partial charge < -0.3 is 20.5 Å². The molecule has 1 aromatic heterocycles. The molecule has 10 nitrogen and oxygen atoms in total. The standard InChI is InChI=1S/C11H18N3O7P/c1-3-6-9(21-22(17,18)19-2)8(15)10(20-6)14-5-4-7(12)13-11(14)16/h4-6,8-10,15H,3H2,1-2H3,(H,17,18)(H2,12,13,16)/t6-,8+,9?,10-/m1/s1. The van der Waals surface area contributed by atoms with Gasteiger partial charge in [0.05, 0.1) is 6.10 Å². The first-order valence-corrected chi connectivity index (χ1v) is 8.03. The van der Waals surface area contributed by atoms with Crippen molar-refractivity contribution in [1.29, 1.82) is 0 Å². The second kappa shape index (κ2) is 6.45. The lowest BCUT2D eigenvalue weighted by molar-refractivity contribution is -0.0403. The number of hydrogen-bond donors (Lipinski definition) is 3. The number of hydrogen-bond acceptors (Lipinski definition) is 8. The maximum atomic E-state index is 11.8. The highest BCUT2D eigenvalue weighted by atomic mass is 31.2. The molecule has 0 spiro atoms. The molecule has 0 bridgehead atoms. The van der Waals surface area contributed by atoms with Crippen LogP contribution in [0.2, 0.25) is 0 Å². The van der Waals surface area contributed by atoms with Crippen molar-refractivity contribution in [3.63, 3.8) is 0 Å². The number of phosphoric acid groups is 1. The first kappa shape index (κ1) is 17.1. The molecule has 2 unspecified atom stereocenters. The molecule has 0 radical (unpaired) electrons. The van der Waals surface area contributed by atoms with Gasteiger partial charge in [-0.3, -0.25) is 13.6 Å². The minimum atomic E-state index is -4.31. The zero-order valence-corrected chi connectivity index (χ0v) is 12.9. The molecule has 1 fully saturated rings. The van der Waals surface area contributed by atoms with E-state index in [2.05, 4.69) is 9.51 Å². The number of phosphoric ester groups is 1. The Hall–Kier alpha value is -1.29. The molecule has 11 heteroatoms. The van der Waals surface area contributed by atoms with Crippen LogP contribution in [0.5, 0.6) is 0 Å². The number of aromatic nitrogens is 2. The summed E-state index contributed by atoms with van der Waals surface area (Å²) in [6.07, 6.45) is -2.58. The van der Waals surface area contributed by atoms with Crippen molar-refractivity contribution >= 4 is 13.6 Å². The highest BCUT2D eigenvalue weighted by Crippen LogP contribution is 2.47. The minimum absolute atomic E-state index is 0.0350. The lowest BCUT2D eigenvalue weighted by atomic mass is 10.1. The molecule has 1 aliphatic rings. The monoisotopic (exact) mass is 335 g/mol. The van der Waals surface area contributed by atoms with Gasteiger partial charge >= 0.3 is 13.5 Å². The Balaban J connectivity index is 2.29. The van der Waals surface area contributed by atoms with E-state index in [1.54, 1.807) is 6.92 Å². The van der Waals surface area contributed by atoms with Crippen LogP contribution in [-0.4, -0.2) is 45.0 Å². The van der Waals surface area contributed by atoms with Gasteiger partial charge in [-0.25, -0.2) is 9.36 Å². The average molecular weight is 335 g/mol. The molecule has 1 saturated heterocycles. The van der Waals surface area contributed by atoms with Crippen molar-refractivity contribution < 1.29 is 28.3 Å². The van der Waals surface area contributed by atoms with Crippen LogP contribution in [0.1, 0.15) is 19.6 Å². The summed E-state index contributed by atoms with van der Waals surface area (Å²) in [6, 6.07) is 1.37. The van der Waals surface area contributed by atoms with Crippen molar-refractivity contribution in [3.05, 3.63) is 22.7 Å². The molecule has 2 rings (SSSR count). The summed E-state index contributed by atoms with van der Waals surface area (Å²) in [5.41, 5.74) is 4.69. The second-order valence-electron chi connectivity index (χ2n) is 4.73. The van der Waals surface area contributed by atoms with E-state index >= 15 is 0 Å². The first-order chi connectivity index (χ1) is 10.3. The normalized spacial score (nSPS) is 31.1. The maximum absolute atomic E-state index is 11.8. The van der Waals surface area contributed by atoms with E-state index in [0.29, 0.717) is 6.42 Å². The van der Waals surface area contributed by atoms with Crippen LogP contribution in [0.3, 0.4) is 0 Å². The third-order valence-electron chi connectivity index (χ3n) is 3.32. The summed E-state index contributed by atoms with van der Waals surface area (Å²) in [4.78, 5) is 24.8. The maximum Gasteiger partial charge on any atom is 0.472 e. The highest BCUT2D eigenvalue weighted by Gasteiger charge is 2.48. The lowest BCUT2D eigenvalue weighted by Gasteiger charge is -2.21. The Morgan fingerprint density at radius 2 is 2.27 bits per heavy atom. The Morgan fingerprint density at radius 1 is 1.59 bits per heavy atom. The van der Waals surface area contributed by atoms with E-state index in [1.807, 2.05) is 0 Å². The smallest absolute Gasteiger partial charge is 0.386 e. The molecule has 0 aromatic carbocycles. The topological polar surface area (TPSA) is 146 Å². The summed E-state index contributed by atoms with van der Waals surface area (Å²) >= 11 is 0. The number of rotatable bonds is 5. The van der Waals surface area contributed by atoms with Crippen molar-refractivity contribution in [3.8, 4) is 0 Å². The van der Waals surface area contributed by atoms with Gasteiger partial charge in [-0.2, -0.15) is 4.98 Å². The molecule has 0 aliphatic carbocycles. The summed E-state index contributed by atoms with van der Waals surface area (Å²) in [7, 11) is -3.30. The Bertz CT molecular complexity index is 636. The summed E-state index contributed by atoms with van der Waals surface area (Å²) in [5.74, 6) is 0.0350. The van der Waals surface area contributed by atoms with Gasteiger partial charge in [-0.15, -0.1) is 0 Å². The largest absolute Gasteiger partial charge is 0.472 e. The first-order valence-electron chi connectivity index (χ1n) is 6.54. The number of nitrogens with zero attached hydrogens (tertiary/aromatic N) is 2. The fraction of sp³-hybridized carbons (Fsp3) is 0.636. The molecule has 4 N–H and O–H groups in total. The molecule has 0 amide bonds. The fourth-order valence-electron chi connectivity index (χ4n) is 2.22. The quantitative estimate of drug-likeness (QED) is 0.613. The van der Waals surface area contributed by atoms with E-state index < -0.39 is 38.1 Å².